The van der Waals surface area contributed by atoms with Gasteiger partial charge < -0.3 is 9.52 Å². The highest BCUT2D eigenvalue weighted by Gasteiger charge is 2.32. The molecule has 11 heteroatoms. The van der Waals surface area contributed by atoms with Gasteiger partial charge in [-0.3, -0.25) is 24.6 Å². The van der Waals surface area contributed by atoms with Crippen LogP contribution in [0, 0.1) is 10.1 Å². The molecule has 0 spiro atoms. The van der Waals surface area contributed by atoms with Gasteiger partial charge in [-0.05, 0) is 12.5 Å². The molecule has 0 unspecified atom stereocenters. The molecule has 0 radical (unpaired) electrons. The zero-order chi connectivity index (χ0) is 19.6. The zero-order valence-electron chi connectivity index (χ0n) is 13.6. The number of nitro groups is 1. The van der Waals surface area contributed by atoms with E-state index in [1.165, 1.54) is 34.0 Å². The second kappa shape index (κ2) is 8.03. The summed E-state index contributed by atoms with van der Waals surface area (Å²) < 4.78 is 5.76. The summed E-state index contributed by atoms with van der Waals surface area (Å²) in [6.45, 7) is 0.218. The van der Waals surface area contributed by atoms with Gasteiger partial charge in [0.05, 0.1) is 27.0 Å². The van der Waals surface area contributed by atoms with Crippen molar-refractivity contribution in [3.63, 3.8) is 0 Å². The standard InChI is InChI=1S/C16H12N2O6S3/c19-14(20)2-1-4-17-15(21)13(27-16(17)25)6-12-9(3-5-24-12)10-7-26-8-11(10)18(22)23/h3,5-8H,1-2,4H2,(H,19,20)/b13-6+. The second-order valence-electron chi connectivity index (χ2n) is 5.46. The molecule has 1 aliphatic heterocycles. The Morgan fingerprint density at radius 3 is 2.89 bits per heavy atom. The first kappa shape index (κ1) is 19.3. The highest BCUT2D eigenvalue weighted by molar-refractivity contribution is 8.26. The van der Waals surface area contributed by atoms with E-state index in [0.717, 1.165) is 11.8 Å². The molecule has 1 saturated heterocycles. The molecule has 0 bridgehead atoms. The van der Waals surface area contributed by atoms with E-state index in [1.807, 2.05) is 0 Å². The Bertz CT molecular complexity index is 961. The SMILES string of the molecule is O=C(O)CCCN1C(=O)/C(=C\c2occc2-c2cscc2[N+](=O)[O-])SC1=S. The van der Waals surface area contributed by atoms with E-state index in [2.05, 4.69) is 0 Å². The lowest BCUT2D eigenvalue weighted by Crippen LogP contribution is -2.29. The summed E-state index contributed by atoms with van der Waals surface area (Å²) in [7, 11) is 0. The van der Waals surface area contributed by atoms with Crippen molar-refractivity contribution in [2.75, 3.05) is 6.54 Å². The van der Waals surface area contributed by atoms with E-state index in [4.69, 9.17) is 21.7 Å². The number of thiophene rings is 1. The molecule has 8 nitrogen and oxygen atoms in total. The van der Waals surface area contributed by atoms with Crippen LogP contribution in [0.25, 0.3) is 17.2 Å². The minimum absolute atomic E-state index is 0.0303. The average Bonchev–Trinajstić information content (AvgIpc) is 3.30. The second-order valence-corrected chi connectivity index (χ2v) is 7.88. The Morgan fingerprint density at radius 1 is 1.41 bits per heavy atom. The van der Waals surface area contributed by atoms with Gasteiger partial charge in [-0.25, -0.2) is 0 Å². The van der Waals surface area contributed by atoms with Gasteiger partial charge in [-0.1, -0.05) is 24.0 Å². The summed E-state index contributed by atoms with van der Waals surface area (Å²) in [6, 6.07) is 1.61. The van der Waals surface area contributed by atoms with Crippen molar-refractivity contribution >= 4 is 63.3 Å². The van der Waals surface area contributed by atoms with Gasteiger partial charge in [0.1, 0.15) is 10.1 Å². The van der Waals surface area contributed by atoms with Gasteiger partial charge in [0.2, 0.25) is 0 Å². The number of carboxylic acids is 1. The van der Waals surface area contributed by atoms with Crippen LogP contribution in [0.4, 0.5) is 5.69 Å². The number of carboxylic acid groups (broad SMARTS) is 1. The molecule has 3 rings (SSSR count). The molecule has 1 N–H and O–H groups in total. The molecular formula is C16H12N2O6S3. The topological polar surface area (TPSA) is 114 Å². The van der Waals surface area contributed by atoms with Crippen molar-refractivity contribution < 1.29 is 24.0 Å². The van der Waals surface area contributed by atoms with Gasteiger partial charge in [-0.2, -0.15) is 0 Å². The number of amides is 1. The van der Waals surface area contributed by atoms with Crippen molar-refractivity contribution in [3.05, 3.63) is 43.9 Å². The minimum atomic E-state index is -0.937. The third-order valence-electron chi connectivity index (χ3n) is 3.73. The van der Waals surface area contributed by atoms with Crippen molar-refractivity contribution in [1.29, 1.82) is 0 Å². The van der Waals surface area contributed by atoms with Gasteiger partial charge in [0, 0.05) is 30.0 Å². The van der Waals surface area contributed by atoms with Crippen molar-refractivity contribution in [3.8, 4) is 11.1 Å². The lowest BCUT2D eigenvalue weighted by atomic mass is 10.1. The predicted octanol–water partition coefficient (Wildman–Crippen LogP) is 3.98. The summed E-state index contributed by atoms with van der Waals surface area (Å²) in [5.41, 5.74) is 0.901. The quantitative estimate of drug-likeness (QED) is 0.307. The lowest BCUT2D eigenvalue weighted by Gasteiger charge is -2.13. The number of carbonyl (C=O) groups is 2. The van der Waals surface area contributed by atoms with Gasteiger partial charge in [0.25, 0.3) is 11.6 Å². The molecule has 140 valence electrons. The number of hydrogen-bond donors (Lipinski definition) is 1. The number of furan rings is 1. The third kappa shape index (κ3) is 4.10. The fourth-order valence-corrected chi connectivity index (χ4v) is 4.56. The maximum absolute atomic E-state index is 12.5. The molecule has 1 fully saturated rings. The summed E-state index contributed by atoms with van der Waals surface area (Å²) in [6.07, 6.45) is 3.14. The monoisotopic (exact) mass is 424 g/mol. The maximum Gasteiger partial charge on any atom is 0.303 e. The van der Waals surface area contributed by atoms with Crippen LogP contribution in [-0.2, 0) is 9.59 Å². The summed E-state index contributed by atoms with van der Waals surface area (Å²) in [5, 5.41) is 23.0. The van der Waals surface area contributed by atoms with Crippen LogP contribution in [-0.4, -0.2) is 37.7 Å². The van der Waals surface area contributed by atoms with Crippen LogP contribution in [0.15, 0.2) is 32.4 Å². The average molecular weight is 424 g/mol. The normalized spacial score (nSPS) is 15.7. The van der Waals surface area contributed by atoms with E-state index in [-0.39, 0.29) is 24.6 Å². The molecule has 1 amide bonds. The fraction of sp³-hybridized carbons (Fsp3) is 0.188. The Kier molecular flexibility index (Phi) is 5.73. The molecule has 2 aromatic rings. The third-order valence-corrected chi connectivity index (χ3v) is 5.84. The minimum Gasteiger partial charge on any atom is -0.481 e. The van der Waals surface area contributed by atoms with Crippen molar-refractivity contribution in [2.45, 2.75) is 12.8 Å². The highest BCUT2D eigenvalue weighted by Crippen LogP contribution is 2.39. The molecule has 0 aliphatic carbocycles. The first-order valence-corrected chi connectivity index (χ1v) is 9.81. The maximum atomic E-state index is 12.5. The molecule has 0 saturated carbocycles. The van der Waals surface area contributed by atoms with Crippen LogP contribution in [0.5, 0.6) is 0 Å². The Labute approximate surface area is 166 Å². The van der Waals surface area contributed by atoms with Crippen LogP contribution < -0.4 is 0 Å². The number of thioether (sulfide) groups is 1. The Hall–Kier alpha value is -2.50. The molecule has 27 heavy (non-hydrogen) atoms. The van der Waals surface area contributed by atoms with E-state index in [0.29, 0.717) is 32.5 Å². The first-order valence-electron chi connectivity index (χ1n) is 7.64. The summed E-state index contributed by atoms with van der Waals surface area (Å²) in [4.78, 5) is 35.5. The molecule has 1 aliphatic rings. The number of carbonyl (C=O) groups excluding carboxylic acids is 1. The zero-order valence-corrected chi connectivity index (χ0v) is 16.1. The molecule has 3 heterocycles. The first-order chi connectivity index (χ1) is 12.9. The molecular weight excluding hydrogens is 412 g/mol. The van der Waals surface area contributed by atoms with Gasteiger partial charge in [0.15, 0.2) is 0 Å². The fourth-order valence-electron chi connectivity index (χ4n) is 2.49. The molecule has 2 aromatic heterocycles. The number of aliphatic carboxylic acids is 1. The van der Waals surface area contributed by atoms with Crippen LogP contribution in [0.1, 0.15) is 18.6 Å². The molecule has 0 aromatic carbocycles. The van der Waals surface area contributed by atoms with Gasteiger partial charge in [-0.15, -0.1) is 11.3 Å². The number of nitrogens with zero attached hydrogens (tertiary/aromatic N) is 2. The van der Waals surface area contributed by atoms with E-state index in [1.54, 1.807) is 11.4 Å². The van der Waals surface area contributed by atoms with E-state index < -0.39 is 10.9 Å². The lowest BCUT2D eigenvalue weighted by molar-refractivity contribution is -0.383. The Morgan fingerprint density at radius 2 is 2.19 bits per heavy atom. The summed E-state index contributed by atoms with van der Waals surface area (Å²) in [5.74, 6) is -0.950. The van der Waals surface area contributed by atoms with Crippen LogP contribution in [0.2, 0.25) is 0 Å². The highest BCUT2D eigenvalue weighted by atomic mass is 32.2. The van der Waals surface area contributed by atoms with E-state index in [9.17, 15) is 19.7 Å². The number of rotatable bonds is 7. The van der Waals surface area contributed by atoms with Gasteiger partial charge >= 0.3 is 5.97 Å². The Balaban J connectivity index is 1.84. The number of hydrogen-bond acceptors (Lipinski definition) is 8. The largest absolute Gasteiger partial charge is 0.481 e. The van der Waals surface area contributed by atoms with Crippen molar-refractivity contribution in [2.24, 2.45) is 0 Å². The predicted molar refractivity (Wildman–Crippen MR) is 105 cm³/mol. The van der Waals surface area contributed by atoms with E-state index >= 15 is 0 Å². The molecule has 0 atom stereocenters. The number of thiocarbonyl (C=S) groups is 1. The summed E-state index contributed by atoms with van der Waals surface area (Å²) >= 11 is 7.49. The van der Waals surface area contributed by atoms with Crippen LogP contribution >= 0.6 is 35.3 Å². The van der Waals surface area contributed by atoms with Crippen molar-refractivity contribution in [1.82, 2.24) is 4.90 Å². The van der Waals surface area contributed by atoms with Crippen LogP contribution in [0.3, 0.4) is 0 Å². The smallest absolute Gasteiger partial charge is 0.303 e.